The first kappa shape index (κ1) is 14.1. The van der Waals surface area contributed by atoms with Crippen molar-refractivity contribution in [1.82, 2.24) is 0 Å². The molecule has 0 saturated heterocycles. The van der Waals surface area contributed by atoms with Crippen LogP contribution >= 0.6 is 0 Å². The van der Waals surface area contributed by atoms with E-state index in [1.807, 2.05) is 55.5 Å². The maximum atomic E-state index is 11.7. The Hall–Kier alpha value is -2.29. The lowest BCUT2D eigenvalue weighted by Gasteiger charge is -2.24. The van der Waals surface area contributed by atoms with Gasteiger partial charge in [0, 0.05) is 0 Å². The molecular formula is C17H18O3. The normalized spacial score (nSPS) is 10.9. The Balaban J connectivity index is 2.42. The zero-order valence-electron chi connectivity index (χ0n) is 11.9. The van der Waals surface area contributed by atoms with Gasteiger partial charge in [-0.1, -0.05) is 24.3 Å². The molecule has 0 radical (unpaired) electrons. The highest BCUT2D eigenvalue weighted by atomic mass is 16.5. The van der Waals surface area contributed by atoms with Crippen LogP contribution in [0.25, 0.3) is 0 Å². The molecule has 2 rings (SSSR count). The van der Waals surface area contributed by atoms with Gasteiger partial charge in [-0.2, -0.15) is 0 Å². The molecule has 0 heterocycles. The van der Waals surface area contributed by atoms with Gasteiger partial charge in [0.25, 0.3) is 0 Å². The lowest BCUT2D eigenvalue weighted by Crippen LogP contribution is -2.25. The standard InChI is InChI=1S/C17H18O3/c1-17(12-18,13-4-8-15(19-2)9-5-13)14-6-10-16(20-3)11-7-14/h4-12H,1-3H3. The third kappa shape index (κ3) is 2.52. The molecular weight excluding hydrogens is 252 g/mol. The molecule has 0 N–H and O–H groups in total. The maximum Gasteiger partial charge on any atom is 0.134 e. The summed E-state index contributed by atoms with van der Waals surface area (Å²) in [5.74, 6) is 1.55. The Labute approximate surface area is 119 Å². The van der Waals surface area contributed by atoms with Crippen molar-refractivity contribution in [3.05, 3.63) is 59.7 Å². The van der Waals surface area contributed by atoms with E-state index in [0.29, 0.717) is 0 Å². The second-order valence-corrected chi connectivity index (χ2v) is 4.78. The van der Waals surface area contributed by atoms with Gasteiger partial charge < -0.3 is 14.3 Å². The molecule has 2 aromatic rings. The zero-order chi connectivity index (χ0) is 14.6. The lowest BCUT2D eigenvalue weighted by molar-refractivity contribution is -0.110. The molecule has 0 fully saturated rings. The molecule has 3 heteroatoms. The highest BCUT2D eigenvalue weighted by molar-refractivity contribution is 5.74. The van der Waals surface area contributed by atoms with Gasteiger partial charge in [0.05, 0.1) is 19.6 Å². The molecule has 0 aliphatic carbocycles. The lowest BCUT2D eigenvalue weighted by atomic mass is 9.77. The Morgan fingerprint density at radius 1 is 0.800 bits per heavy atom. The summed E-state index contributed by atoms with van der Waals surface area (Å²) in [7, 11) is 3.24. The van der Waals surface area contributed by atoms with Gasteiger partial charge >= 0.3 is 0 Å². The van der Waals surface area contributed by atoms with E-state index in [4.69, 9.17) is 9.47 Å². The minimum atomic E-state index is -0.682. The van der Waals surface area contributed by atoms with E-state index in [2.05, 4.69) is 0 Å². The van der Waals surface area contributed by atoms with E-state index < -0.39 is 5.41 Å². The van der Waals surface area contributed by atoms with E-state index in [1.54, 1.807) is 14.2 Å². The number of aldehydes is 1. The summed E-state index contributed by atoms with van der Waals surface area (Å²) in [5, 5.41) is 0. The van der Waals surface area contributed by atoms with Crippen LogP contribution in [-0.4, -0.2) is 20.5 Å². The Morgan fingerprint density at radius 2 is 1.15 bits per heavy atom. The minimum absolute atomic E-state index is 0.682. The monoisotopic (exact) mass is 270 g/mol. The van der Waals surface area contributed by atoms with Gasteiger partial charge in [0.1, 0.15) is 17.8 Å². The smallest absolute Gasteiger partial charge is 0.134 e. The molecule has 0 amide bonds. The Kier molecular flexibility index (Phi) is 4.08. The van der Waals surface area contributed by atoms with E-state index >= 15 is 0 Å². The topological polar surface area (TPSA) is 35.5 Å². The third-order valence-electron chi connectivity index (χ3n) is 3.62. The van der Waals surface area contributed by atoms with E-state index in [-0.39, 0.29) is 0 Å². The number of carbonyl (C=O) groups is 1. The summed E-state index contributed by atoms with van der Waals surface area (Å²) in [5.41, 5.74) is 1.18. The van der Waals surface area contributed by atoms with Gasteiger partial charge in [-0.15, -0.1) is 0 Å². The van der Waals surface area contributed by atoms with Gasteiger partial charge in [0.2, 0.25) is 0 Å². The van der Waals surface area contributed by atoms with Gasteiger partial charge in [-0.05, 0) is 42.3 Å². The molecule has 20 heavy (non-hydrogen) atoms. The van der Waals surface area contributed by atoms with Crippen molar-refractivity contribution in [2.75, 3.05) is 14.2 Å². The van der Waals surface area contributed by atoms with E-state index in [9.17, 15) is 4.79 Å². The number of carbonyl (C=O) groups excluding carboxylic acids is 1. The molecule has 0 saturated carbocycles. The van der Waals surface area contributed by atoms with Crippen molar-refractivity contribution in [3.8, 4) is 11.5 Å². The first-order chi connectivity index (χ1) is 9.63. The van der Waals surface area contributed by atoms with Crippen molar-refractivity contribution in [2.24, 2.45) is 0 Å². The van der Waals surface area contributed by atoms with Crippen molar-refractivity contribution in [1.29, 1.82) is 0 Å². The summed E-state index contributed by atoms with van der Waals surface area (Å²) < 4.78 is 10.3. The number of methoxy groups -OCH3 is 2. The second kappa shape index (κ2) is 5.78. The summed E-state index contributed by atoms with van der Waals surface area (Å²) in [4.78, 5) is 11.7. The average molecular weight is 270 g/mol. The van der Waals surface area contributed by atoms with Crippen molar-refractivity contribution in [2.45, 2.75) is 12.3 Å². The number of ether oxygens (including phenoxy) is 2. The predicted molar refractivity (Wildman–Crippen MR) is 78.5 cm³/mol. The van der Waals surface area contributed by atoms with Crippen LogP contribution in [0.5, 0.6) is 11.5 Å². The fourth-order valence-corrected chi connectivity index (χ4v) is 2.18. The van der Waals surface area contributed by atoms with Crippen LogP contribution in [0, 0.1) is 0 Å². The quantitative estimate of drug-likeness (QED) is 0.783. The van der Waals surface area contributed by atoms with Gasteiger partial charge in [0.15, 0.2) is 0 Å². The molecule has 0 aliphatic rings. The van der Waals surface area contributed by atoms with E-state index in [0.717, 1.165) is 28.9 Å². The Morgan fingerprint density at radius 3 is 1.40 bits per heavy atom. The first-order valence-electron chi connectivity index (χ1n) is 6.39. The second-order valence-electron chi connectivity index (χ2n) is 4.78. The fourth-order valence-electron chi connectivity index (χ4n) is 2.18. The summed E-state index contributed by atoms with van der Waals surface area (Å²) in [6.45, 7) is 1.91. The highest BCUT2D eigenvalue weighted by Gasteiger charge is 2.28. The average Bonchev–Trinajstić information content (AvgIpc) is 2.54. The molecule has 0 unspecified atom stereocenters. The molecule has 2 aromatic carbocycles. The number of hydrogen-bond donors (Lipinski definition) is 0. The molecule has 0 aliphatic heterocycles. The number of benzene rings is 2. The zero-order valence-corrected chi connectivity index (χ0v) is 11.9. The van der Waals surface area contributed by atoms with Crippen LogP contribution in [0.15, 0.2) is 48.5 Å². The third-order valence-corrected chi connectivity index (χ3v) is 3.62. The Bertz CT molecular complexity index is 523. The molecule has 104 valence electrons. The van der Waals surface area contributed by atoms with Gasteiger partial charge in [-0.3, -0.25) is 0 Å². The van der Waals surface area contributed by atoms with Crippen molar-refractivity contribution < 1.29 is 14.3 Å². The predicted octanol–water partition coefficient (Wildman–Crippen LogP) is 3.21. The van der Waals surface area contributed by atoms with Crippen molar-refractivity contribution in [3.63, 3.8) is 0 Å². The highest BCUT2D eigenvalue weighted by Crippen LogP contribution is 2.32. The summed E-state index contributed by atoms with van der Waals surface area (Å²) in [6.07, 6.45) is 0.969. The van der Waals surface area contributed by atoms with Crippen molar-refractivity contribution >= 4 is 6.29 Å². The molecule has 0 spiro atoms. The minimum Gasteiger partial charge on any atom is -0.497 e. The summed E-state index contributed by atoms with van der Waals surface area (Å²) >= 11 is 0. The molecule has 0 atom stereocenters. The van der Waals surface area contributed by atoms with E-state index in [1.165, 1.54) is 0 Å². The van der Waals surface area contributed by atoms with Gasteiger partial charge in [-0.25, -0.2) is 0 Å². The fraction of sp³-hybridized carbons (Fsp3) is 0.235. The van der Waals surface area contributed by atoms with Crippen LogP contribution in [0.4, 0.5) is 0 Å². The van der Waals surface area contributed by atoms with Crippen LogP contribution in [0.2, 0.25) is 0 Å². The van der Waals surface area contributed by atoms with Crippen LogP contribution in [0.1, 0.15) is 18.1 Å². The van der Waals surface area contributed by atoms with Crippen LogP contribution in [0.3, 0.4) is 0 Å². The molecule has 0 bridgehead atoms. The summed E-state index contributed by atoms with van der Waals surface area (Å²) in [6, 6.07) is 15.1. The van der Waals surface area contributed by atoms with Crippen LogP contribution in [-0.2, 0) is 10.2 Å². The molecule has 3 nitrogen and oxygen atoms in total. The van der Waals surface area contributed by atoms with Crippen LogP contribution < -0.4 is 9.47 Å². The number of hydrogen-bond acceptors (Lipinski definition) is 3. The molecule has 0 aromatic heterocycles. The maximum absolute atomic E-state index is 11.7. The largest absolute Gasteiger partial charge is 0.497 e. The SMILES string of the molecule is COc1ccc(C(C)(C=O)c2ccc(OC)cc2)cc1. The first-order valence-corrected chi connectivity index (χ1v) is 6.39. The number of rotatable bonds is 5.